The van der Waals surface area contributed by atoms with Crippen molar-refractivity contribution in [1.29, 1.82) is 0 Å². The van der Waals surface area contributed by atoms with Crippen molar-refractivity contribution in [3.63, 3.8) is 0 Å². The van der Waals surface area contributed by atoms with E-state index in [-0.39, 0.29) is 0 Å². The van der Waals surface area contributed by atoms with Gasteiger partial charge in [-0.15, -0.1) is 10.2 Å². The first-order chi connectivity index (χ1) is 17.1. The molecule has 35 heavy (non-hydrogen) atoms. The highest BCUT2D eigenvalue weighted by atomic mass is 32.2. The second-order valence-corrected chi connectivity index (χ2v) is 10.7. The van der Waals surface area contributed by atoms with Crippen LogP contribution in [0, 0.1) is 13.8 Å². The van der Waals surface area contributed by atoms with Gasteiger partial charge in [0, 0.05) is 37.2 Å². The average Bonchev–Trinajstić information content (AvgIpc) is 3.17. The molecule has 1 aliphatic rings. The summed E-state index contributed by atoms with van der Waals surface area (Å²) in [6, 6.07) is 15.1. The van der Waals surface area contributed by atoms with Crippen molar-refractivity contribution < 1.29 is 4.79 Å². The minimum absolute atomic E-state index is 0.310. The van der Waals surface area contributed by atoms with Gasteiger partial charge in [0.15, 0.2) is 5.65 Å². The van der Waals surface area contributed by atoms with Crippen molar-refractivity contribution in [2.24, 2.45) is 0 Å². The standard InChI is InChI=1S/C28H33N5OS/c1-20-9-12-22(13-10-20)19-33-24-14-11-21(2)18-23(24)26-27(33)29-28(31-30-26)35-17-7-4-8-25(34)32-15-5-3-6-16-32/h9-14,18H,3-8,15-17,19H2,1-2H3. The fourth-order valence-corrected chi connectivity index (χ4v) is 5.58. The summed E-state index contributed by atoms with van der Waals surface area (Å²) in [5.41, 5.74) is 6.56. The molecule has 3 heterocycles. The number of rotatable bonds is 8. The fraction of sp³-hybridized carbons (Fsp3) is 0.429. The molecule has 0 atom stereocenters. The number of piperidine rings is 1. The van der Waals surface area contributed by atoms with E-state index in [0.29, 0.717) is 17.5 Å². The molecule has 5 rings (SSSR count). The van der Waals surface area contributed by atoms with Crippen LogP contribution >= 0.6 is 11.8 Å². The van der Waals surface area contributed by atoms with E-state index in [4.69, 9.17) is 4.98 Å². The van der Waals surface area contributed by atoms with Crippen molar-refractivity contribution in [3.05, 3.63) is 59.2 Å². The lowest BCUT2D eigenvalue weighted by molar-refractivity contribution is -0.132. The topological polar surface area (TPSA) is 63.9 Å². The number of unbranched alkanes of at least 4 members (excludes halogenated alkanes) is 1. The van der Waals surface area contributed by atoms with E-state index in [1.165, 1.54) is 23.1 Å². The first-order valence-electron chi connectivity index (χ1n) is 12.7. The van der Waals surface area contributed by atoms with Gasteiger partial charge in [0.2, 0.25) is 11.1 Å². The summed E-state index contributed by atoms with van der Waals surface area (Å²) in [6.07, 6.45) is 6.07. The number of aryl methyl sites for hydroxylation is 2. The number of nitrogens with zero attached hydrogens (tertiary/aromatic N) is 5. The summed E-state index contributed by atoms with van der Waals surface area (Å²) in [4.78, 5) is 19.3. The normalized spacial score (nSPS) is 14.2. The highest BCUT2D eigenvalue weighted by Gasteiger charge is 2.17. The number of hydrogen-bond acceptors (Lipinski definition) is 5. The molecule has 1 saturated heterocycles. The minimum Gasteiger partial charge on any atom is -0.343 e. The van der Waals surface area contributed by atoms with Gasteiger partial charge in [0.05, 0.1) is 5.52 Å². The Morgan fingerprint density at radius 2 is 1.71 bits per heavy atom. The SMILES string of the molecule is Cc1ccc(Cn2c3ccc(C)cc3c3nnc(SCCCCC(=O)N4CCCCC4)nc32)cc1. The third kappa shape index (κ3) is 5.50. The van der Waals surface area contributed by atoms with Crippen LogP contribution in [-0.4, -0.2) is 49.4 Å². The van der Waals surface area contributed by atoms with Crippen LogP contribution in [0.4, 0.5) is 0 Å². The van der Waals surface area contributed by atoms with E-state index in [0.717, 1.165) is 73.1 Å². The van der Waals surface area contributed by atoms with Gasteiger partial charge in [-0.3, -0.25) is 4.79 Å². The summed E-state index contributed by atoms with van der Waals surface area (Å²) in [6.45, 7) is 6.82. The molecule has 0 aliphatic carbocycles. The maximum atomic E-state index is 12.4. The van der Waals surface area contributed by atoms with Gasteiger partial charge in [-0.25, -0.2) is 4.98 Å². The Morgan fingerprint density at radius 1 is 0.943 bits per heavy atom. The molecular weight excluding hydrogens is 454 g/mol. The van der Waals surface area contributed by atoms with Crippen molar-refractivity contribution in [1.82, 2.24) is 24.6 Å². The zero-order valence-corrected chi connectivity index (χ0v) is 21.5. The van der Waals surface area contributed by atoms with E-state index in [2.05, 4.69) is 71.1 Å². The summed E-state index contributed by atoms with van der Waals surface area (Å²) in [5, 5.41) is 10.8. The molecule has 0 spiro atoms. The van der Waals surface area contributed by atoms with E-state index >= 15 is 0 Å². The summed E-state index contributed by atoms with van der Waals surface area (Å²) < 4.78 is 2.25. The number of aromatic nitrogens is 4. The third-order valence-corrected chi connectivity index (χ3v) is 7.71. The molecule has 0 unspecified atom stereocenters. The lowest BCUT2D eigenvalue weighted by Crippen LogP contribution is -2.35. The Morgan fingerprint density at radius 3 is 2.51 bits per heavy atom. The predicted molar refractivity (Wildman–Crippen MR) is 143 cm³/mol. The molecule has 182 valence electrons. The lowest BCUT2D eigenvalue weighted by Gasteiger charge is -2.26. The van der Waals surface area contributed by atoms with Crippen LogP contribution in [0.5, 0.6) is 0 Å². The molecular formula is C28H33N5OS. The highest BCUT2D eigenvalue weighted by molar-refractivity contribution is 7.99. The molecule has 4 aromatic rings. The average molecular weight is 488 g/mol. The molecule has 0 bridgehead atoms. The second kappa shape index (κ2) is 10.8. The van der Waals surface area contributed by atoms with Crippen molar-refractivity contribution >= 4 is 39.7 Å². The van der Waals surface area contributed by atoms with Gasteiger partial charge >= 0.3 is 0 Å². The largest absolute Gasteiger partial charge is 0.343 e. The van der Waals surface area contributed by atoms with Gasteiger partial charge in [-0.1, -0.05) is 53.2 Å². The number of carbonyl (C=O) groups excluding carboxylic acids is 1. The number of thioether (sulfide) groups is 1. The quantitative estimate of drug-likeness (QED) is 0.228. The van der Waals surface area contributed by atoms with Crippen LogP contribution in [0.1, 0.15) is 55.2 Å². The van der Waals surface area contributed by atoms with Crippen LogP contribution in [0.3, 0.4) is 0 Å². The monoisotopic (exact) mass is 487 g/mol. The van der Waals surface area contributed by atoms with Crippen LogP contribution in [-0.2, 0) is 11.3 Å². The van der Waals surface area contributed by atoms with Crippen molar-refractivity contribution in [2.45, 2.75) is 64.1 Å². The third-order valence-electron chi connectivity index (χ3n) is 6.79. The van der Waals surface area contributed by atoms with Crippen molar-refractivity contribution in [2.75, 3.05) is 18.8 Å². The van der Waals surface area contributed by atoms with E-state index in [1.807, 2.05) is 4.90 Å². The molecule has 0 saturated carbocycles. The Kier molecular flexibility index (Phi) is 7.32. The molecule has 0 radical (unpaired) electrons. The van der Waals surface area contributed by atoms with E-state index in [1.54, 1.807) is 11.8 Å². The Bertz CT molecular complexity index is 1320. The van der Waals surface area contributed by atoms with Crippen molar-refractivity contribution in [3.8, 4) is 0 Å². The van der Waals surface area contributed by atoms with Crippen LogP contribution < -0.4 is 0 Å². The van der Waals surface area contributed by atoms with Crippen LogP contribution in [0.15, 0.2) is 47.6 Å². The molecule has 1 amide bonds. The molecule has 2 aromatic heterocycles. The second-order valence-electron chi connectivity index (χ2n) is 9.61. The maximum absolute atomic E-state index is 12.4. The number of fused-ring (bicyclic) bond motifs is 3. The van der Waals surface area contributed by atoms with E-state index < -0.39 is 0 Å². The summed E-state index contributed by atoms with van der Waals surface area (Å²) in [5.74, 6) is 1.20. The minimum atomic E-state index is 0.310. The highest BCUT2D eigenvalue weighted by Crippen LogP contribution is 2.29. The van der Waals surface area contributed by atoms with Crippen LogP contribution in [0.2, 0.25) is 0 Å². The van der Waals surface area contributed by atoms with Gasteiger partial charge in [-0.05, 0) is 63.6 Å². The van der Waals surface area contributed by atoms with Gasteiger partial charge in [0.25, 0.3) is 0 Å². The zero-order valence-electron chi connectivity index (χ0n) is 20.7. The van der Waals surface area contributed by atoms with Crippen LogP contribution in [0.25, 0.3) is 22.1 Å². The van der Waals surface area contributed by atoms with Gasteiger partial charge in [0.1, 0.15) is 5.52 Å². The number of likely N-dealkylation sites (tertiary alicyclic amines) is 1. The number of benzene rings is 2. The summed E-state index contributed by atoms with van der Waals surface area (Å²) in [7, 11) is 0. The molecule has 2 aromatic carbocycles. The smallest absolute Gasteiger partial charge is 0.222 e. The zero-order chi connectivity index (χ0) is 24.2. The first kappa shape index (κ1) is 23.8. The van der Waals surface area contributed by atoms with Gasteiger partial charge < -0.3 is 9.47 Å². The number of carbonyl (C=O) groups is 1. The Hall–Kier alpha value is -2.93. The number of hydrogen-bond donors (Lipinski definition) is 0. The first-order valence-corrected chi connectivity index (χ1v) is 13.7. The molecule has 6 nitrogen and oxygen atoms in total. The summed E-state index contributed by atoms with van der Waals surface area (Å²) >= 11 is 1.63. The fourth-order valence-electron chi connectivity index (χ4n) is 4.80. The Labute approximate surface area is 211 Å². The Balaban J connectivity index is 1.29. The maximum Gasteiger partial charge on any atom is 0.222 e. The number of amides is 1. The van der Waals surface area contributed by atoms with E-state index in [9.17, 15) is 4.79 Å². The molecule has 1 aliphatic heterocycles. The molecule has 0 N–H and O–H groups in total. The lowest BCUT2D eigenvalue weighted by atomic mass is 10.1. The predicted octanol–water partition coefficient (Wildman–Crippen LogP) is 5.92. The molecule has 7 heteroatoms. The van der Waals surface area contributed by atoms with Gasteiger partial charge in [-0.2, -0.15) is 0 Å². The molecule has 1 fully saturated rings.